The third-order valence-corrected chi connectivity index (χ3v) is 9.17. The summed E-state index contributed by atoms with van der Waals surface area (Å²) in [6.45, 7) is 5.92. The second-order valence-corrected chi connectivity index (χ2v) is 12.2. The fourth-order valence-corrected chi connectivity index (χ4v) is 7.54. The van der Waals surface area contributed by atoms with E-state index in [0.717, 1.165) is 38.8 Å². The van der Waals surface area contributed by atoms with E-state index in [1.54, 1.807) is 0 Å². The highest BCUT2D eigenvalue weighted by Gasteiger charge is 2.31. The summed E-state index contributed by atoms with van der Waals surface area (Å²) in [6.07, 6.45) is 0.599. The number of imidazole rings is 1. The van der Waals surface area contributed by atoms with Crippen LogP contribution in [0.25, 0.3) is 16.7 Å². The van der Waals surface area contributed by atoms with Crippen LogP contribution in [0.4, 0.5) is 0 Å². The van der Waals surface area contributed by atoms with Gasteiger partial charge in [-0.05, 0) is 63.1 Å². The molecule has 6 nitrogen and oxygen atoms in total. The van der Waals surface area contributed by atoms with E-state index in [2.05, 4.69) is 29.7 Å². The number of rotatable bonds is 6. The van der Waals surface area contributed by atoms with Crippen LogP contribution >= 0.6 is 11.8 Å². The molecule has 0 bridgehead atoms. The number of fused-ring (bicyclic) bond motifs is 1. The van der Waals surface area contributed by atoms with Crippen molar-refractivity contribution in [2.45, 2.75) is 38.4 Å². The zero-order valence-electron chi connectivity index (χ0n) is 19.5. The number of carbonyl (C=O) groups is 1. The first-order chi connectivity index (χ1) is 16.2. The van der Waals surface area contributed by atoms with Crippen molar-refractivity contribution in [1.82, 2.24) is 14.1 Å². The van der Waals surface area contributed by atoms with Crippen LogP contribution in [0.3, 0.4) is 0 Å². The lowest BCUT2D eigenvalue weighted by atomic mass is 10.2. The van der Waals surface area contributed by atoms with Crippen molar-refractivity contribution in [2.75, 3.05) is 17.3 Å². The number of aromatic nitrogens is 3. The van der Waals surface area contributed by atoms with Crippen LogP contribution in [0.5, 0.6) is 0 Å². The molecule has 2 aromatic carbocycles. The number of para-hydroxylation sites is 2. The molecule has 5 rings (SSSR count). The quantitative estimate of drug-likeness (QED) is 0.276. The minimum atomic E-state index is -3.00. The zero-order chi connectivity index (χ0) is 24.0. The summed E-state index contributed by atoms with van der Waals surface area (Å²) in [4.78, 5) is 18.1. The molecule has 1 fully saturated rings. The predicted octanol–water partition coefficient (Wildman–Crippen LogP) is 5.09. The summed E-state index contributed by atoms with van der Waals surface area (Å²) in [5.74, 6) is 0.630. The van der Waals surface area contributed by atoms with Crippen molar-refractivity contribution in [3.05, 3.63) is 77.1 Å². The van der Waals surface area contributed by atoms with E-state index >= 15 is 0 Å². The molecule has 0 amide bonds. The molecule has 0 saturated carbocycles. The number of thioether (sulfide) groups is 1. The zero-order valence-corrected chi connectivity index (χ0v) is 21.1. The first-order valence-electron chi connectivity index (χ1n) is 11.3. The number of aryl methyl sites for hydroxylation is 2. The molecule has 4 aromatic rings. The molecule has 0 radical (unpaired) electrons. The molecule has 8 heteroatoms. The first-order valence-corrected chi connectivity index (χ1v) is 14.1. The van der Waals surface area contributed by atoms with Gasteiger partial charge < -0.3 is 4.57 Å². The largest absolute Gasteiger partial charge is 0.344 e. The van der Waals surface area contributed by atoms with Crippen LogP contribution in [0.2, 0.25) is 0 Å². The third-order valence-electron chi connectivity index (χ3n) is 6.48. The van der Waals surface area contributed by atoms with Gasteiger partial charge in [0.05, 0.1) is 28.3 Å². The van der Waals surface area contributed by atoms with Crippen molar-refractivity contribution in [2.24, 2.45) is 0 Å². The highest BCUT2D eigenvalue weighted by atomic mass is 32.2. The van der Waals surface area contributed by atoms with E-state index in [4.69, 9.17) is 4.98 Å². The second-order valence-electron chi connectivity index (χ2n) is 8.98. The number of benzene rings is 2. The number of nitrogens with zero attached hydrogens (tertiary/aromatic N) is 3. The minimum absolute atomic E-state index is 0.0213. The molecular weight excluding hydrogens is 466 g/mol. The molecule has 1 atom stereocenters. The van der Waals surface area contributed by atoms with Gasteiger partial charge in [0.25, 0.3) is 0 Å². The monoisotopic (exact) mass is 493 g/mol. The summed E-state index contributed by atoms with van der Waals surface area (Å²) in [7, 11) is -3.00. The first kappa shape index (κ1) is 22.9. The molecule has 1 saturated heterocycles. The highest BCUT2D eigenvalue weighted by Crippen LogP contribution is 2.32. The van der Waals surface area contributed by atoms with Gasteiger partial charge in [-0.15, -0.1) is 0 Å². The van der Waals surface area contributed by atoms with Crippen LogP contribution in [-0.4, -0.2) is 45.6 Å². The van der Waals surface area contributed by atoms with Crippen LogP contribution < -0.4 is 0 Å². The molecule has 0 unspecified atom stereocenters. The molecule has 0 spiro atoms. The smallest absolute Gasteiger partial charge is 0.175 e. The van der Waals surface area contributed by atoms with Gasteiger partial charge in [0, 0.05) is 28.7 Å². The van der Waals surface area contributed by atoms with E-state index < -0.39 is 9.84 Å². The van der Waals surface area contributed by atoms with Crippen LogP contribution in [-0.2, 0) is 9.84 Å². The summed E-state index contributed by atoms with van der Waals surface area (Å²) < 4.78 is 28.1. The summed E-state index contributed by atoms with van der Waals surface area (Å²) in [6, 6.07) is 18.0. The van der Waals surface area contributed by atoms with Crippen molar-refractivity contribution < 1.29 is 13.2 Å². The summed E-state index contributed by atoms with van der Waals surface area (Å²) in [5, 5.41) is 0.774. The molecule has 2 aromatic heterocycles. The Balaban J connectivity index is 1.43. The van der Waals surface area contributed by atoms with Gasteiger partial charge in [0.2, 0.25) is 0 Å². The lowest BCUT2D eigenvalue weighted by Gasteiger charge is -2.16. The van der Waals surface area contributed by atoms with Gasteiger partial charge in [-0.1, -0.05) is 36.0 Å². The third kappa shape index (κ3) is 4.20. The Morgan fingerprint density at radius 1 is 1.09 bits per heavy atom. The maximum Gasteiger partial charge on any atom is 0.175 e. The molecule has 1 aliphatic heterocycles. The number of sulfone groups is 1. The van der Waals surface area contributed by atoms with E-state index in [0.29, 0.717) is 12.0 Å². The Morgan fingerprint density at radius 2 is 1.88 bits per heavy atom. The van der Waals surface area contributed by atoms with Gasteiger partial charge in [-0.3, -0.25) is 9.36 Å². The number of hydrogen-bond donors (Lipinski definition) is 0. The Bertz CT molecular complexity index is 1520. The van der Waals surface area contributed by atoms with E-state index in [1.807, 2.05) is 54.8 Å². The number of ketones is 1. The van der Waals surface area contributed by atoms with Gasteiger partial charge in [0.1, 0.15) is 0 Å². The second kappa shape index (κ2) is 8.74. The maximum absolute atomic E-state index is 13.3. The minimum Gasteiger partial charge on any atom is -0.344 e. The lowest BCUT2D eigenvalue weighted by Crippen LogP contribution is -2.14. The fraction of sp³-hybridized carbons (Fsp3) is 0.308. The summed E-state index contributed by atoms with van der Waals surface area (Å²) in [5.41, 5.74) is 6.50. The molecule has 1 aliphatic rings. The van der Waals surface area contributed by atoms with Gasteiger partial charge in [-0.2, -0.15) is 0 Å². The summed E-state index contributed by atoms with van der Waals surface area (Å²) >= 11 is 1.43. The van der Waals surface area contributed by atoms with Crippen molar-refractivity contribution in [1.29, 1.82) is 0 Å². The van der Waals surface area contributed by atoms with Crippen molar-refractivity contribution in [3.8, 4) is 5.69 Å². The average molecular weight is 494 g/mol. The number of hydrogen-bond acceptors (Lipinski definition) is 5. The molecule has 176 valence electrons. The van der Waals surface area contributed by atoms with Gasteiger partial charge >= 0.3 is 0 Å². The lowest BCUT2D eigenvalue weighted by molar-refractivity contribution is 0.102. The van der Waals surface area contributed by atoms with Crippen LogP contribution in [0.15, 0.2) is 59.8 Å². The predicted molar refractivity (Wildman–Crippen MR) is 137 cm³/mol. The Kier molecular flexibility index (Phi) is 5.90. The Hall–Kier alpha value is -2.84. The average Bonchev–Trinajstić information content (AvgIpc) is 3.44. The fourth-order valence-electron chi connectivity index (χ4n) is 4.93. The highest BCUT2D eigenvalue weighted by molar-refractivity contribution is 7.99. The van der Waals surface area contributed by atoms with E-state index in [1.165, 1.54) is 11.8 Å². The SMILES string of the molecule is Cc1cccc(-n2c(SCC(=O)c3cc(C)n([C@@H]4CCS(=O)(=O)C4)c3C)nc3ccccc32)c1. The topological polar surface area (TPSA) is 74.0 Å². The van der Waals surface area contributed by atoms with Gasteiger partial charge in [0.15, 0.2) is 20.8 Å². The van der Waals surface area contributed by atoms with Gasteiger partial charge in [-0.25, -0.2) is 13.4 Å². The molecular formula is C26H27N3O3S2. The molecule has 3 heterocycles. The number of Topliss-reactive ketones (excluding diaryl/α,β-unsaturated/α-hetero) is 1. The Morgan fingerprint density at radius 3 is 2.62 bits per heavy atom. The van der Waals surface area contributed by atoms with E-state index in [9.17, 15) is 13.2 Å². The van der Waals surface area contributed by atoms with Crippen LogP contribution in [0, 0.1) is 20.8 Å². The Labute approximate surface area is 203 Å². The normalized spacial score (nSPS) is 17.4. The van der Waals surface area contributed by atoms with E-state index in [-0.39, 0.29) is 29.1 Å². The molecule has 34 heavy (non-hydrogen) atoms. The standard InChI is InChI=1S/C26H27N3O3S2/c1-17-7-6-8-20(13-17)29-24-10-5-4-9-23(24)27-26(29)33-15-25(30)22-14-18(2)28(19(22)3)21-11-12-34(31,32)16-21/h4-10,13-14,21H,11-12,15-16H2,1-3H3/t21-/m1/s1. The molecule has 0 aliphatic carbocycles. The number of carbonyl (C=O) groups excluding carboxylic acids is 1. The van der Waals surface area contributed by atoms with Crippen molar-refractivity contribution in [3.63, 3.8) is 0 Å². The van der Waals surface area contributed by atoms with Crippen LogP contribution in [0.1, 0.15) is 39.8 Å². The van der Waals surface area contributed by atoms with Crippen molar-refractivity contribution >= 4 is 38.4 Å². The molecule has 0 N–H and O–H groups in total. The maximum atomic E-state index is 13.3.